The number of rotatable bonds is 5. The minimum absolute atomic E-state index is 0.0176. The molecular weight excluding hydrogens is 464 g/mol. The number of amides is 1. The average molecular weight is 497 g/mol. The maximum absolute atomic E-state index is 13.1. The van der Waals surface area contributed by atoms with E-state index >= 15 is 0 Å². The smallest absolute Gasteiger partial charge is 0.227 e. The maximum Gasteiger partial charge on any atom is 0.227 e. The van der Waals surface area contributed by atoms with Crippen molar-refractivity contribution >= 4 is 34.9 Å². The van der Waals surface area contributed by atoms with Gasteiger partial charge in [-0.1, -0.05) is 17.7 Å². The number of hydrogen-bond acceptors (Lipinski definition) is 7. The minimum Gasteiger partial charge on any atom is -0.353 e. The van der Waals surface area contributed by atoms with Gasteiger partial charge in [0.05, 0.1) is 29.5 Å². The summed E-state index contributed by atoms with van der Waals surface area (Å²) in [6.07, 6.45) is 5.47. The van der Waals surface area contributed by atoms with Crippen molar-refractivity contribution in [1.29, 1.82) is 0 Å². The van der Waals surface area contributed by atoms with Gasteiger partial charge < -0.3 is 19.5 Å². The number of nitrogens with zero attached hydrogens (tertiary/aromatic N) is 7. The van der Waals surface area contributed by atoms with E-state index in [2.05, 4.69) is 50.9 Å². The summed E-state index contributed by atoms with van der Waals surface area (Å²) in [5.41, 5.74) is 1.24. The highest BCUT2D eigenvalue weighted by atomic mass is 35.5. The van der Waals surface area contributed by atoms with Crippen LogP contribution in [0.15, 0.2) is 36.8 Å². The lowest BCUT2D eigenvalue weighted by molar-refractivity contribution is -0.127. The molecule has 2 atom stereocenters. The lowest BCUT2D eigenvalue weighted by Gasteiger charge is -2.43. The predicted molar refractivity (Wildman–Crippen MR) is 138 cm³/mol. The number of carbonyl (C=O) groups excluding carboxylic acids is 1. The van der Waals surface area contributed by atoms with Crippen molar-refractivity contribution in [2.75, 3.05) is 43.0 Å². The third kappa shape index (κ3) is 4.43. The number of likely N-dealkylation sites (N-methyl/N-ethyl adjacent to an activating group) is 1. The van der Waals surface area contributed by atoms with Crippen LogP contribution < -0.4 is 15.1 Å². The van der Waals surface area contributed by atoms with Crippen LogP contribution in [0.1, 0.15) is 33.4 Å². The molecule has 2 fully saturated rings. The van der Waals surface area contributed by atoms with E-state index in [0.717, 1.165) is 24.4 Å². The molecule has 3 aromatic rings. The summed E-state index contributed by atoms with van der Waals surface area (Å²) in [7, 11) is 2.15. The first kappa shape index (κ1) is 23.8. The van der Waals surface area contributed by atoms with Crippen LogP contribution >= 0.6 is 11.6 Å². The van der Waals surface area contributed by atoms with Crippen molar-refractivity contribution in [2.45, 2.75) is 45.3 Å². The highest BCUT2D eigenvalue weighted by Crippen LogP contribution is 2.32. The van der Waals surface area contributed by atoms with Crippen LogP contribution in [0.4, 0.5) is 11.8 Å². The van der Waals surface area contributed by atoms with Crippen LogP contribution in [-0.4, -0.2) is 75.5 Å². The molecule has 5 heterocycles. The van der Waals surface area contributed by atoms with Gasteiger partial charge in [-0.2, -0.15) is 4.98 Å². The Hall–Kier alpha value is -2.91. The number of anilines is 2. The molecule has 0 unspecified atom stereocenters. The molecule has 2 aliphatic heterocycles. The van der Waals surface area contributed by atoms with Gasteiger partial charge in [-0.15, -0.1) is 0 Å². The summed E-state index contributed by atoms with van der Waals surface area (Å²) in [5, 5.41) is 3.72. The molecule has 9 nitrogen and oxygen atoms in total. The van der Waals surface area contributed by atoms with Crippen LogP contribution in [0.3, 0.4) is 0 Å². The molecule has 2 saturated heterocycles. The van der Waals surface area contributed by atoms with E-state index < -0.39 is 5.54 Å². The van der Waals surface area contributed by atoms with Crippen LogP contribution in [0.5, 0.6) is 0 Å². The standard InChI is InChI=1S/C25H33ClN8O/c1-16-13-34(17(2)12-31(16)5)24-28-10-19(26)22(29-24)32-14-18(15-32)23(35)30-25(3,4)20-11-27-21-8-6-7-9-33(20)21/h6-11,16-18H,12-15H2,1-5H3,(H,30,35)/t16-,17-/m1/s1. The third-order valence-electron chi connectivity index (χ3n) is 7.31. The molecule has 0 bridgehead atoms. The second kappa shape index (κ2) is 8.95. The fraction of sp³-hybridized carbons (Fsp3) is 0.520. The molecule has 186 valence electrons. The van der Waals surface area contributed by atoms with E-state index in [1.165, 1.54) is 0 Å². The molecule has 0 saturated carbocycles. The summed E-state index contributed by atoms with van der Waals surface area (Å²) in [6, 6.07) is 6.59. The fourth-order valence-corrected chi connectivity index (χ4v) is 5.18. The van der Waals surface area contributed by atoms with Gasteiger partial charge in [0.15, 0.2) is 5.82 Å². The second-order valence-electron chi connectivity index (χ2n) is 10.4. The van der Waals surface area contributed by atoms with E-state index in [9.17, 15) is 4.79 Å². The molecule has 0 spiro atoms. The lowest BCUT2D eigenvalue weighted by atomic mass is 9.95. The Bertz CT molecular complexity index is 1240. The molecule has 1 N–H and O–H groups in total. The highest BCUT2D eigenvalue weighted by Gasteiger charge is 2.38. The number of nitrogens with one attached hydrogen (secondary N) is 1. The Labute approximate surface area is 211 Å². The number of hydrogen-bond donors (Lipinski definition) is 1. The van der Waals surface area contributed by atoms with Gasteiger partial charge in [0.2, 0.25) is 11.9 Å². The van der Waals surface area contributed by atoms with E-state index in [-0.39, 0.29) is 11.8 Å². The van der Waals surface area contributed by atoms with Crippen LogP contribution in [0.2, 0.25) is 5.02 Å². The first-order valence-corrected chi connectivity index (χ1v) is 12.5. The molecule has 5 rings (SSSR count). The average Bonchev–Trinajstić information content (AvgIpc) is 3.21. The monoisotopic (exact) mass is 496 g/mol. The Morgan fingerprint density at radius 1 is 1.09 bits per heavy atom. The van der Waals surface area contributed by atoms with Gasteiger partial charge >= 0.3 is 0 Å². The molecule has 0 radical (unpaired) electrons. The van der Waals surface area contributed by atoms with Crippen molar-refractivity contribution in [1.82, 2.24) is 29.6 Å². The predicted octanol–water partition coefficient (Wildman–Crippen LogP) is 2.79. The summed E-state index contributed by atoms with van der Waals surface area (Å²) in [6.45, 7) is 11.4. The minimum atomic E-state index is -0.563. The Balaban J connectivity index is 1.26. The SMILES string of the molecule is C[C@@H]1CN(c2ncc(Cl)c(N3CC(C(=O)NC(C)(C)c4cnc5ccccn45)C3)n2)[C@H](C)CN1C. The fourth-order valence-electron chi connectivity index (χ4n) is 4.97. The number of halogens is 1. The maximum atomic E-state index is 13.1. The molecule has 3 aromatic heterocycles. The van der Waals surface area contributed by atoms with Crippen molar-refractivity contribution in [3.05, 3.63) is 47.5 Å². The van der Waals surface area contributed by atoms with Gasteiger partial charge in [-0.05, 0) is 46.9 Å². The summed E-state index contributed by atoms with van der Waals surface area (Å²) in [5.74, 6) is 1.27. The number of piperazine rings is 1. The van der Waals surface area contributed by atoms with Crippen LogP contribution in [0, 0.1) is 5.92 Å². The Morgan fingerprint density at radius 2 is 1.86 bits per heavy atom. The summed E-state index contributed by atoms with van der Waals surface area (Å²) >= 11 is 6.48. The molecule has 2 aliphatic rings. The topological polar surface area (TPSA) is 81.9 Å². The van der Waals surface area contributed by atoms with Crippen molar-refractivity contribution in [3.8, 4) is 0 Å². The molecule has 35 heavy (non-hydrogen) atoms. The first-order chi connectivity index (χ1) is 16.6. The number of fused-ring (bicyclic) bond motifs is 1. The van der Waals surface area contributed by atoms with Gasteiger partial charge in [-0.25, -0.2) is 9.97 Å². The second-order valence-corrected chi connectivity index (χ2v) is 10.8. The van der Waals surface area contributed by atoms with E-state index in [1.54, 1.807) is 6.20 Å². The molecule has 1 amide bonds. The molecule has 0 aromatic carbocycles. The highest BCUT2D eigenvalue weighted by molar-refractivity contribution is 6.32. The van der Waals surface area contributed by atoms with E-state index in [0.29, 0.717) is 42.0 Å². The van der Waals surface area contributed by atoms with Crippen molar-refractivity contribution in [3.63, 3.8) is 0 Å². The molecule has 10 heteroatoms. The van der Waals surface area contributed by atoms with Crippen molar-refractivity contribution < 1.29 is 4.79 Å². The van der Waals surface area contributed by atoms with Gasteiger partial charge in [-0.3, -0.25) is 9.69 Å². The number of imidazole rings is 1. The van der Waals surface area contributed by atoms with Crippen LogP contribution in [-0.2, 0) is 10.3 Å². The molecule has 0 aliphatic carbocycles. The zero-order valence-electron chi connectivity index (χ0n) is 20.9. The van der Waals surface area contributed by atoms with Gasteiger partial charge in [0.1, 0.15) is 10.7 Å². The zero-order chi connectivity index (χ0) is 24.9. The first-order valence-electron chi connectivity index (χ1n) is 12.1. The van der Waals surface area contributed by atoms with E-state index in [1.807, 2.05) is 48.8 Å². The number of carbonyl (C=O) groups is 1. The largest absolute Gasteiger partial charge is 0.353 e. The third-order valence-corrected chi connectivity index (χ3v) is 7.58. The molecular formula is C25H33ClN8O. The quantitative estimate of drug-likeness (QED) is 0.581. The normalized spacial score (nSPS) is 21.9. The summed E-state index contributed by atoms with van der Waals surface area (Å²) < 4.78 is 2.01. The Kier molecular flexibility index (Phi) is 6.09. The lowest BCUT2D eigenvalue weighted by Crippen LogP contribution is -2.57. The zero-order valence-corrected chi connectivity index (χ0v) is 21.7. The summed E-state index contributed by atoms with van der Waals surface area (Å²) in [4.78, 5) is 33.6. The van der Waals surface area contributed by atoms with Gasteiger partial charge in [0, 0.05) is 44.5 Å². The van der Waals surface area contributed by atoms with Crippen molar-refractivity contribution in [2.24, 2.45) is 5.92 Å². The van der Waals surface area contributed by atoms with E-state index in [4.69, 9.17) is 16.6 Å². The number of pyridine rings is 1. The van der Waals surface area contributed by atoms with Crippen LogP contribution in [0.25, 0.3) is 5.65 Å². The Morgan fingerprint density at radius 3 is 2.63 bits per heavy atom. The van der Waals surface area contributed by atoms with Gasteiger partial charge in [0.25, 0.3) is 0 Å². The number of aromatic nitrogens is 4.